The molecule has 0 bridgehead atoms. The van der Waals surface area contributed by atoms with Gasteiger partial charge in [0.1, 0.15) is 0 Å². The smallest absolute Gasteiger partial charge is 0.301 e. The van der Waals surface area contributed by atoms with Crippen molar-refractivity contribution in [1.82, 2.24) is 0 Å². The Kier molecular flexibility index (Phi) is 11.3. The van der Waals surface area contributed by atoms with E-state index in [4.69, 9.17) is 4.89 Å². The molecule has 8 heteroatoms. The molecule has 0 atom stereocenters. The average molecular weight is 255 g/mol. The second kappa shape index (κ2) is 8.69. The molecule has 0 radical (unpaired) electrons. The Bertz CT molecular complexity index is 135. The number of hydrogen-bond acceptors (Lipinski definition) is 5. The van der Waals surface area contributed by atoms with Crippen LogP contribution < -0.4 is 0 Å². The van der Waals surface area contributed by atoms with E-state index >= 15 is 0 Å². The lowest BCUT2D eigenvalue weighted by Crippen LogP contribution is -1.83. The first-order valence-corrected chi connectivity index (χ1v) is 6.39. The van der Waals surface area contributed by atoms with E-state index in [0.29, 0.717) is 11.5 Å². The molecule has 0 amide bonds. The molecule has 1 N–H and O–H groups in total. The third-order valence-corrected chi connectivity index (χ3v) is 3.35. The Hall–Kier alpha value is 1.10. The number of phosphoric acid groups is 1. The summed E-state index contributed by atoms with van der Waals surface area (Å²) in [4.78, 5) is 8.85. The molecule has 0 rings (SSSR count). The van der Waals surface area contributed by atoms with E-state index in [1.54, 1.807) is 0 Å². The lowest BCUT2D eigenvalue weighted by molar-refractivity contribution is 0.323. The van der Waals surface area contributed by atoms with Crippen LogP contribution in [0, 0.1) is 0 Å². The van der Waals surface area contributed by atoms with Gasteiger partial charge >= 0.3 is 7.82 Å². The van der Waals surface area contributed by atoms with Crippen LogP contribution in [-0.2, 0) is 12.5 Å². The van der Waals surface area contributed by atoms with Crippen molar-refractivity contribution in [2.24, 2.45) is 0 Å². The van der Waals surface area contributed by atoms with Crippen molar-refractivity contribution in [1.29, 1.82) is 0 Å². The predicted molar refractivity (Wildman–Crippen MR) is 55.5 cm³/mol. The summed E-state index contributed by atoms with van der Waals surface area (Å²) in [5.41, 5.74) is 0. The van der Waals surface area contributed by atoms with Gasteiger partial charge in [0.15, 0.2) is 0 Å². The Morgan fingerprint density at radius 2 is 1.58 bits per heavy atom. The molecule has 0 aromatic rings. The van der Waals surface area contributed by atoms with Crippen LogP contribution in [-0.4, -0.2) is 16.4 Å². The molecule has 0 aromatic heterocycles. The zero-order valence-corrected chi connectivity index (χ0v) is 10.1. The van der Waals surface area contributed by atoms with Crippen molar-refractivity contribution in [3.8, 4) is 0 Å². The molecule has 0 unspecified atom stereocenters. The van der Waals surface area contributed by atoms with Crippen LogP contribution in [0.3, 0.4) is 0 Å². The first-order valence-electron chi connectivity index (χ1n) is 3.07. The highest BCUT2D eigenvalue weighted by atomic mass is 35.5. The maximum absolute atomic E-state index is 10.8. The molecule has 0 aliphatic rings. The first kappa shape index (κ1) is 15.6. The van der Waals surface area contributed by atoms with Gasteiger partial charge in [-0.15, -0.1) is 12.4 Å². The molecular weight excluding hydrogens is 243 g/mol. The van der Waals surface area contributed by atoms with Gasteiger partial charge in [-0.05, 0) is 0 Å². The number of rotatable bonds is 6. The standard InChI is InChI=1S/C4H11O4PS2.ClH/c1-3-10-7-9(5,6)8-11-4-2;/h3-4H2,1-2H3,(H,5,6);1H. The summed E-state index contributed by atoms with van der Waals surface area (Å²) in [6, 6.07) is 0. The molecule has 0 saturated heterocycles. The molecule has 0 spiro atoms. The Labute approximate surface area is 87.2 Å². The van der Waals surface area contributed by atoms with E-state index in [1.165, 1.54) is 0 Å². The van der Waals surface area contributed by atoms with E-state index in [9.17, 15) is 4.57 Å². The summed E-state index contributed by atoms with van der Waals surface area (Å²) < 4.78 is 19.7. The lowest BCUT2D eigenvalue weighted by atomic mass is 11.0. The summed E-state index contributed by atoms with van der Waals surface area (Å²) in [6.45, 7) is 3.63. The molecule has 0 aromatic carbocycles. The van der Waals surface area contributed by atoms with Crippen LogP contribution in [0.4, 0.5) is 0 Å². The van der Waals surface area contributed by atoms with Gasteiger partial charge in [-0.25, -0.2) is 12.5 Å². The van der Waals surface area contributed by atoms with Crippen LogP contribution in [0.15, 0.2) is 0 Å². The minimum Gasteiger partial charge on any atom is -0.301 e. The number of halogens is 1. The highest BCUT2D eigenvalue weighted by molar-refractivity contribution is 8.01. The SMILES string of the molecule is CCSOP(=O)(O)OSCC.Cl. The molecule has 0 saturated carbocycles. The molecule has 0 aliphatic carbocycles. The van der Waals surface area contributed by atoms with E-state index < -0.39 is 7.82 Å². The van der Waals surface area contributed by atoms with E-state index in [0.717, 1.165) is 24.1 Å². The number of hydrogen-bond donors (Lipinski definition) is 1. The molecule has 0 aliphatic heterocycles. The lowest BCUT2D eigenvalue weighted by Gasteiger charge is -2.07. The summed E-state index contributed by atoms with van der Waals surface area (Å²) in [5, 5.41) is 0. The summed E-state index contributed by atoms with van der Waals surface area (Å²) in [5.74, 6) is 1.23. The molecular formula is C4H12ClO4PS2. The summed E-state index contributed by atoms with van der Waals surface area (Å²) in [6.07, 6.45) is 0. The quantitative estimate of drug-likeness (QED) is 0.581. The van der Waals surface area contributed by atoms with Gasteiger partial charge in [0, 0.05) is 35.6 Å². The first-order chi connectivity index (χ1) is 5.12. The van der Waals surface area contributed by atoms with Gasteiger partial charge < -0.3 is 4.89 Å². The molecule has 0 heterocycles. The molecule has 12 heavy (non-hydrogen) atoms. The minimum absolute atomic E-state index is 0. The van der Waals surface area contributed by atoms with Crippen molar-refractivity contribution in [3.63, 3.8) is 0 Å². The van der Waals surface area contributed by atoms with Crippen LogP contribution in [0.5, 0.6) is 0 Å². The predicted octanol–water partition coefficient (Wildman–Crippen LogP) is 2.88. The van der Waals surface area contributed by atoms with Gasteiger partial charge in [0.25, 0.3) is 0 Å². The zero-order chi connectivity index (χ0) is 8.74. The fourth-order valence-corrected chi connectivity index (χ4v) is 2.48. The van der Waals surface area contributed by atoms with E-state index in [2.05, 4.69) is 7.94 Å². The monoisotopic (exact) mass is 254 g/mol. The third kappa shape index (κ3) is 9.19. The summed E-state index contributed by atoms with van der Waals surface area (Å²) >= 11 is 1.83. The molecule has 0 fully saturated rings. The van der Waals surface area contributed by atoms with Crippen molar-refractivity contribution < 1.29 is 17.4 Å². The largest absolute Gasteiger partial charge is 0.494 e. The topological polar surface area (TPSA) is 55.8 Å². The second-order valence-electron chi connectivity index (χ2n) is 1.43. The van der Waals surface area contributed by atoms with Gasteiger partial charge in [-0.1, -0.05) is 13.8 Å². The average Bonchev–Trinajstić information content (AvgIpc) is 1.97. The third-order valence-electron chi connectivity index (χ3n) is 0.529. The Morgan fingerprint density at radius 3 is 1.83 bits per heavy atom. The minimum atomic E-state index is -3.80. The van der Waals surface area contributed by atoms with E-state index in [-0.39, 0.29) is 12.4 Å². The molecule has 76 valence electrons. The Morgan fingerprint density at radius 1 is 1.25 bits per heavy atom. The van der Waals surface area contributed by atoms with E-state index in [1.807, 2.05) is 13.8 Å². The van der Waals surface area contributed by atoms with Gasteiger partial charge in [0.05, 0.1) is 0 Å². The zero-order valence-electron chi connectivity index (χ0n) is 6.76. The van der Waals surface area contributed by atoms with Crippen LogP contribution >= 0.6 is 44.3 Å². The highest BCUT2D eigenvalue weighted by Crippen LogP contribution is 2.50. The summed E-state index contributed by atoms with van der Waals surface area (Å²) in [7, 11) is -3.80. The van der Waals surface area contributed by atoms with Crippen molar-refractivity contribution in [2.75, 3.05) is 11.5 Å². The highest BCUT2D eigenvalue weighted by Gasteiger charge is 2.21. The van der Waals surface area contributed by atoms with Crippen LogP contribution in [0.25, 0.3) is 0 Å². The van der Waals surface area contributed by atoms with Crippen LogP contribution in [0.1, 0.15) is 13.8 Å². The van der Waals surface area contributed by atoms with Crippen molar-refractivity contribution in [3.05, 3.63) is 0 Å². The maximum atomic E-state index is 10.8. The fraction of sp³-hybridized carbons (Fsp3) is 1.00. The van der Waals surface area contributed by atoms with Gasteiger partial charge in [0.2, 0.25) is 0 Å². The van der Waals surface area contributed by atoms with Gasteiger partial charge in [-0.3, -0.25) is 0 Å². The Balaban J connectivity index is 0. The van der Waals surface area contributed by atoms with Crippen molar-refractivity contribution in [2.45, 2.75) is 13.8 Å². The molecule has 4 nitrogen and oxygen atoms in total. The van der Waals surface area contributed by atoms with Crippen LogP contribution in [0.2, 0.25) is 0 Å². The fourth-order valence-electron chi connectivity index (χ4n) is 0.251. The second-order valence-corrected chi connectivity index (χ2v) is 5.19. The maximum Gasteiger partial charge on any atom is 0.494 e. The van der Waals surface area contributed by atoms with Crippen molar-refractivity contribution >= 4 is 44.3 Å². The van der Waals surface area contributed by atoms with Gasteiger partial charge in [-0.2, -0.15) is 0 Å². The normalized spacial score (nSPS) is 10.9.